The fraction of sp³-hybridized carbons (Fsp3) is 0.182. The summed E-state index contributed by atoms with van der Waals surface area (Å²) in [6.45, 7) is 1.09. The number of aliphatic hydroxyl groups excluding tert-OH is 1. The summed E-state index contributed by atoms with van der Waals surface area (Å²) in [4.78, 5) is 13.3. The molecule has 1 aromatic heterocycles. The fourth-order valence-corrected chi connectivity index (χ4v) is 3.50. The minimum atomic E-state index is -0.519. The van der Waals surface area contributed by atoms with Gasteiger partial charge in [0.05, 0.1) is 17.2 Å². The molecule has 0 atom stereocenters. The number of nitrogens with zero attached hydrogens (tertiary/aromatic N) is 4. The average molecular weight is 419 g/mol. The second-order valence-corrected chi connectivity index (χ2v) is 6.99. The fourth-order valence-electron chi connectivity index (χ4n) is 3.50. The Balaban J connectivity index is 1.84. The highest BCUT2D eigenvalue weighted by Gasteiger charge is 2.28. The maximum absolute atomic E-state index is 11.7. The van der Waals surface area contributed by atoms with Crippen molar-refractivity contribution in [1.82, 2.24) is 10.3 Å². The van der Waals surface area contributed by atoms with E-state index in [2.05, 4.69) is 20.5 Å². The van der Waals surface area contributed by atoms with E-state index in [0.29, 0.717) is 24.3 Å². The number of fused-ring (bicyclic) bond motifs is 1. The summed E-state index contributed by atoms with van der Waals surface area (Å²) in [6.07, 6.45) is 0. The van der Waals surface area contributed by atoms with Crippen molar-refractivity contribution in [2.75, 3.05) is 23.4 Å². The van der Waals surface area contributed by atoms with Gasteiger partial charge in [0, 0.05) is 19.6 Å². The third-order valence-corrected chi connectivity index (χ3v) is 4.87. The lowest BCUT2D eigenvalue weighted by atomic mass is 10.1. The van der Waals surface area contributed by atoms with Crippen LogP contribution >= 0.6 is 0 Å². The van der Waals surface area contributed by atoms with Crippen molar-refractivity contribution in [1.29, 1.82) is 0 Å². The van der Waals surface area contributed by atoms with Crippen molar-refractivity contribution in [2.24, 2.45) is 0 Å². The number of aromatic nitrogens is 2. The number of nitrogens with one attached hydrogen (secondary N) is 1. The summed E-state index contributed by atoms with van der Waals surface area (Å²) in [5.41, 5.74) is 3.20. The summed E-state index contributed by atoms with van der Waals surface area (Å²) in [5, 5.41) is 31.7. The van der Waals surface area contributed by atoms with Crippen LogP contribution < -0.4 is 10.2 Å². The molecule has 0 radical (unpaired) electrons. The second-order valence-electron chi connectivity index (χ2n) is 6.99. The number of benzene rings is 3. The van der Waals surface area contributed by atoms with Crippen LogP contribution in [0.25, 0.3) is 11.0 Å². The number of nitro benzene ring substituents is 1. The minimum Gasteiger partial charge on any atom is -0.395 e. The third kappa shape index (κ3) is 4.46. The van der Waals surface area contributed by atoms with Crippen LogP contribution in [0.2, 0.25) is 0 Å². The van der Waals surface area contributed by atoms with Gasteiger partial charge in [-0.15, -0.1) is 0 Å². The Morgan fingerprint density at radius 2 is 1.55 bits per heavy atom. The third-order valence-electron chi connectivity index (χ3n) is 4.87. The number of hydrogen-bond acceptors (Lipinski definition) is 8. The van der Waals surface area contributed by atoms with Crippen LogP contribution in [-0.2, 0) is 13.1 Å². The molecule has 4 rings (SSSR count). The molecule has 31 heavy (non-hydrogen) atoms. The predicted molar refractivity (Wildman–Crippen MR) is 117 cm³/mol. The monoisotopic (exact) mass is 419 g/mol. The highest BCUT2D eigenvalue weighted by molar-refractivity contribution is 5.99. The molecule has 0 saturated heterocycles. The van der Waals surface area contributed by atoms with Gasteiger partial charge in [-0.25, -0.2) is 4.63 Å². The average Bonchev–Trinajstić information content (AvgIpc) is 3.27. The molecule has 0 fully saturated rings. The first-order valence-electron chi connectivity index (χ1n) is 9.78. The van der Waals surface area contributed by atoms with Gasteiger partial charge in [0.25, 0.3) is 0 Å². The lowest BCUT2D eigenvalue weighted by Gasteiger charge is -2.26. The largest absolute Gasteiger partial charge is 0.395 e. The summed E-state index contributed by atoms with van der Waals surface area (Å²) in [7, 11) is 0. The Hall–Kier alpha value is -3.98. The van der Waals surface area contributed by atoms with Crippen molar-refractivity contribution in [3.63, 3.8) is 0 Å². The molecule has 9 heteroatoms. The van der Waals surface area contributed by atoms with Crippen LogP contribution in [-0.4, -0.2) is 33.5 Å². The standard InChI is InChI=1S/C22H21N5O4/c28-12-11-23-18-13-19(20-21(25-31-24-20)22(18)27(29)30)26(14-16-7-3-1-4-8-16)15-17-9-5-2-6-10-17/h1-10,13,23,28H,11-12,14-15H2. The first kappa shape index (κ1) is 20.3. The zero-order valence-electron chi connectivity index (χ0n) is 16.6. The molecule has 0 aliphatic heterocycles. The Bertz CT molecular complexity index is 1120. The maximum atomic E-state index is 11.7. The lowest BCUT2D eigenvalue weighted by Crippen LogP contribution is -2.23. The summed E-state index contributed by atoms with van der Waals surface area (Å²) in [5.74, 6) is 0. The highest BCUT2D eigenvalue weighted by atomic mass is 16.6. The van der Waals surface area contributed by atoms with Crippen molar-refractivity contribution < 1.29 is 14.7 Å². The van der Waals surface area contributed by atoms with E-state index in [1.165, 1.54) is 0 Å². The molecule has 0 spiro atoms. The van der Waals surface area contributed by atoms with Crippen LogP contribution in [0.15, 0.2) is 71.4 Å². The van der Waals surface area contributed by atoms with Gasteiger partial charge in [0.1, 0.15) is 5.69 Å². The predicted octanol–water partition coefficient (Wildman–Crippen LogP) is 3.74. The van der Waals surface area contributed by atoms with Crippen LogP contribution in [0, 0.1) is 10.1 Å². The van der Waals surface area contributed by atoms with Crippen molar-refractivity contribution >= 4 is 28.1 Å². The number of rotatable bonds is 9. The SMILES string of the molecule is O=[N+]([O-])c1c(NCCO)cc(N(Cc2ccccc2)Cc2ccccc2)c2nonc12. The molecule has 0 aliphatic carbocycles. The van der Waals surface area contributed by atoms with Crippen molar-refractivity contribution in [2.45, 2.75) is 13.1 Å². The van der Waals surface area contributed by atoms with Crippen LogP contribution in [0.4, 0.5) is 17.1 Å². The van der Waals surface area contributed by atoms with Gasteiger partial charge in [0.2, 0.25) is 5.52 Å². The van der Waals surface area contributed by atoms with Crippen molar-refractivity contribution in [3.05, 3.63) is 88.0 Å². The summed E-state index contributed by atoms with van der Waals surface area (Å²) < 4.78 is 4.90. The Labute approximate surface area is 178 Å². The molecule has 3 aromatic carbocycles. The quantitative estimate of drug-likeness (QED) is 0.311. The molecule has 0 unspecified atom stereocenters. The van der Waals surface area contributed by atoms with Gasteiger partial charge < -0.3 is 15.3 Å². The van der Waals surface area contributed by atoms with Gasteiger partial charge in [-0.2, -0.15) is 0 Å². The Morgan fingerprint density at radius 3 is 2.10 bits per heavy atom. The number of aliphatic hydroxyl groups is 1. The number of hydrogen-bond donors (Lipinski definition) is 2. The highest BCUT2D eigenvalue weighted by Crippen LogP contribution is 2.39. The molecule has 0 aliphatic rings. The van der Waals surface area contributed by atoms with Gasteiger partial charge in [-0.3, -0.25) is 10.1 Å². The molecule has 2 N–H and O–H groups in total. The molecule has 4 aromatic rings. The van der Waals surface area contributed by atoms with Gasteiger partial charge in [-0.1, -0.05) is 60.7 Å². The van der Waals surface area contributed by atoms with Crippen LogP contribution in [0.5, 0.6) is 0 Å². The van der Waals surface area contributed by atoms with E-state index in [-0.39, 0.29) is 30.0 Å². The zero-order valence-corrected chi connectivity index (χ0v) is 16.6. The first-order chi connectivity index (χ1) is 15.2. The van der Waals surface area contributed by atoms with E-state index in [0.717, 1.165) is 11.1 Å². The second kappa shape index (κ2) is 9.23. The Morgan fingerprint density at radius 1 is 0.968 bits per heavy atom. The van der Waals surface area contributed by atoms with Crippen LogP contribution in [0.3, 0.4) is 0 Å². The van der Waals surface area contributed by atoms with Crippen LogP contribution in [0.1, 0.15) is 11.1 Å². The number of anilines is 2. The summed E-state index contributed by atoms with van der Waals surface area (Å²) >= 11 is 0. The molecule has 158 valence electrons. The summed E-state index contributed by atoms with van der Waals surface area (Å²) in [6, 6.07) is 21.5. The first-order valence-corrected chi connectivity index (χ1v) is 9.78. The Kier molecular flexibility index (Phi) is 6.04. The van der Waals surface area contributed by atoms with E-state index in [1.807, 2.05) is 60.7 Å². The van der Waals surface area contributed by atoms with E-state index in [9.17, 15) is 15.2 Å². The van der Waals surface area contributed by atoms with E-state index in [1.54, 1.807) is 6.07 Å². The van der Waals surface area contributed by atoms with Gasteiger partial charge in [0.15, 0.2) is 5.52 Å². The lowest BCUT2D eigenvalue weighted by molar-refractivity contribution is -0.382. The van der Waals surface area contributed by atoms with E-state index in [4.69, 9.17) is 4.63 Å². The van der Waals surface area contributed by atoms with Gasteiger partial charge >= 0.3 is 5.69 Å². The van der Waals surface area contributed by atoms with Gasteiger partial charge in [-0.05, 0) is 27.5 Å². The van der Waals surface area contributed by atoms with Crippen molar-refractivity contribution in [3.8, 4) is 0 Å². The zero-order chi connectivity index (χ0) is 21.6. The molecular weight excluding hydrogens is 398 g/mol. The maximum Gasteiger partial charge on any atom is 0.323 e. The number of nitro groups is 1. The molecule has 9 nitrogen and oxygen atoms in total. The molecule has 0 bridgehead atoms. The molecule has 0 saturated carbocycles. The van der Waals surface area contributed by atoms with E-state index < -0.39 is 4.92 Å². The minimum absolute atomic E-state index is 0.0639. The smallest absolute Gasteiger partial charge is 0.323 e. The molecular formula is C22H21N5O4. The molecule has 1 heterocycles. The van der Waals surface area contributed by atoms with E-state index >= 15 is 0 Å². The molecule has 0 amide bonds. The topological polar surface area (TPSA) is 118 Å². The normalized spacial score (nSPS) is 10.9.